The summed E-state index contributed by atoms with van der Waals surface area (Å²) in [5.74, 6) is 6.64. The van der Waals surface area contributed by atoms with Gasteiger partial charge in [0.2, 0.25) is 5.91 Å². The molecule has 0 aromatic carbocycles. The molecular formula is C11H17BN2O. The smallest absolute Gasteiger partial charge is 0.240 e. The van der Waals surface area contributed by atoms with Gasteiger partial charge >= 0.3 is 0 Å². The van der Waals surface area contributed by atoms with Crippen LogP contribution in [0.15, 0.2) is 0 Å². The van der Waals surface area contributed by atoms with E-state index in [0.717, 1.165) is 32.1 Å². The maximum absolute atomic E-state index is 11.9. The van der Waals surface area contributed by atoms with Crippen LogP contribution in [0.4, 0.5) is 0 Å². The standard InChI is InChI=1S/C11H17BN2O/c12-11-4-7-1-8(5-11)3-10(2-7,6-11)9(15)14-13/h7-8H,1-6,13H2,(H,14,15). The largest absolute Gasteiger partial charge is 0.294 e. The van der Waals surface area contributed by atoms with Gasteiger partial charge in [0.15, 0.2) is 0 Å². The topological polar surface area (TPSA) is 55.1 Å². The second kappa shape index (κ2) is 2.79. The second-order valence-electron chi connectivity index (χ2n) is 6.08. The zero-order valence-corrected chi connectivity index (χ0v) is 8.96. The number of hydrazine groups is 1. The van der Waals surface area contributed by atoms with Crippen molar-refractivity contribution in [2.45, 2.75) is 43.8 Å². The fourth-order valence-electron chi connectivity index (χ4n) is 4.75. The van der Waals surface area contributed by atoms with Crippen LogP contribution in [0.1, 0.15) is 38.5 Å². The van der Waals surface area contributed by atoms with Gasteiger partial charge in [-0.3, -0.25) is 10.2 Å². The highest BCUT2D eigenvalue weighted by Crippen LogP contribution is 2.67. The van der Waals surface area contributed by atoms with Gasteiger partial charge in [-0.25, -0.2) is 5.84 Å². The van der Waals surface area contributed by atoms with Crippen molar-refractivity contribution >= 4 is 13.8 Å². The van der Waals surface area contributed by atoms with Crippen LogP contribution in [-0.2, 0) is 4.79 Å². The Morgan fingerprint density at radius 1 is 1.27 bits per heavy atom. The number of rotatable bonds is 1. The highest BCUT2D eigenvalue weighted by Gasteiger charge is 2.58. The van der Waals surface area contributed by atoms with E-state index in [9.17, 15) is 4.79 Å². The predicted octanol–water partition coefficient (Wildman–Crippen LogP) is 0.904. The molecule has 4 heteroatoms. The highest BCUT2D eigenvalue weighted by atomic mass is 16.2. The van der Waals surface area contributed by atoms with E-state index in [1.54, 1.807) is 0 Å². The van der Waals surface area contributed by atoms with E-state index in [4.69, 9.17) is 13.7 Å². The Hall–Kier alpha value is -0.505. The molecule has 0 aromatic heterocycles. The van der Waals surface area contributed by atoms with E-state index in [1.165, 1.54) is 6.42 Å². The molecule has 4 bridgehead atoms. The SMILES string of the molecule is [B]C12CC3CC(C1)CC(C(=O)NN)(C3)C2. The number of amides is 1. The minimum atomic E-state index is -0.229. The lowest BCUT2D eigenvalue weighted by molar-refractivity contribution is -0.145. The van der Waals surface area contributed by atoms with E-state index in [-0.39, 0.29) is 16.6 Å². The summed E-state index contributed by atoms with van der Waals surface area (Å²) in [6.45, 7) is 0. The van der Waals surface area contributed by atoms with E-state index in [2.05, 4.69) is 5.43 Å². The zero-order valence-electron chi connectivity index (χ0n) is 8.96. The lowest BCUT2D eigenvalue weighted by atomic mass is 9.39. The van der Waals surface area contributed by atoms with Crippen LogP contribution >= 0.6 is 0 Å². The first-order valence-electron chi connectivity index (χ1n) is 5.85. The van der Waals surface area contributed by atoms with Crippen molar-refractivity contribution in [2.75, 3.05) is 0 Å². The van der Waals surface area contributed by atoms with Crippen LogP contribution in [0.25, 0.3) is 0 Å². The second-order valence-corrected chi connectivity index (χ2v) is 6.08. The van der Waals surface area contributed by atoms with Crippen molar-refractivity contribution < 1.29 is 4.79 Å². The Kier molecular flexibility index (Phi) is 1.80. The molecule has 0 spiro atoms. The number of carbonyl (C=O) groups excluding carboxylic acids is 1. The molecule has 0 heterocycles. The van der Waals surface area contributed by atoms with Crippen LogP contribution in [0.3, 0.4) is 0 Å². The maximum atomic E-state index is 11.9. The summed E-state index contributed by atoms with van der Waals surface area (Å²) in [5.41, 5.74) is 2.12. The van der Waals surface area contributed by atoms with Crippen LogP contribution in [-0.4, -0.2) is 13.8 Å². The van der Waals surface area contributed by atoms with E-state index in [0.29, 0.717) is 11.8 Å². The summed E-state index contributed by atoms with van der Waals surface area (Å²) >= 11 is 0. The molecule has 1 amide bonds. The third kappa shape index (κ3) is 1.27. The molecule has 2 atom stereocenters. The van der Waals surface area contributed by atoms with Crippen LogP contribution < -0.4 is 11.3 Å². The Labute approximate surface area is 91.5 Å². The molecule has 2 unspecified atom stereocenters. The van der Waals surface area contributed by atoms with E-state index in [1.807, 2.05) is 0 Å². The van der Waals surface area contributed by atoms with Crippen molar-refractivity contribution in [3.8, 4) is 0 Å². The molecule has 0 aliphatic heterocycles. The average molecular weight is 204 g/mol. The monoisotopic (exact) mass is 204 g/mol. The maximum Gasteiger partial charge on any atom is 0.240 e. The first-order valence-corrected chi connectivity index (χ1v) is 5.85. The molecule has 0 aromatic rings. The van der Waals surface area contributed by atoms with Gasteiger partial charge < -0.3 is 0 Å². The predicted molar refractivity (Wildman–Crippen MR) is 57.9 cm³/mol. The third-order valence-electron chi connectivity index (χ3n) is 4.72. The van der Waals surface area contributed by atoms with Gasteiger partial charge in [0.1, 0.15) is 0 Å². The van der Waals surface area contributed by atoms with Gasteiger partial charge in [-0.2, -0.15) is 0 Å². The van der Waals surface area contributed by atoms with Crippen LogP contribution in [0, 0.1) is 17.3 Å². The number of carbonyl (C=O) groups is 1. The first-order chi connectivity index (χ1) is 7.05. The lowest BCUT2D eigenvalue weighted by Crippen LogP contribution is -2.56. The molecule has 80 valence electrons. The highest BCUT2D eigenvalue weighted by molar-refractivity contribution is 6.15. The molecule has 4 aliphatic carbocycles. The first kappa shape index (κ1) is 9.70. The van der Waals surface area contributed by atoms with Crippen molar-refractivity contribution in [1.82, 2.24) is 5.43 Å². The third-order valence-corrected chi connectivity index (χ3v) is 4.72. The summed E-state index contributed by atoms with van der Waals surface area (Å²) in [5, 5.41) is -0.0728. The summed E-state index contributed by atoms with van der Waals surface area (Å²) in [6.07, 6.45) is 6.36. The molecule has 4 aliphatic rings. The van der Waals surface area contributed by atoms with Crippen molar-refractivity contribution in [1.29, 1.82) is 0 Å². The molecule has 4 saturated carbocycles. The molecule has 15 heavy (non-hydrogen) atoms. The van der Waals surface area contributed by atoms with Gasteiger partial charge in [-0.05, 0) is 37.5 Å². The molecule has 3 N–H and O–H groups in total. The number of nitrogens with two attached hydrogens (primary N) is 1. The minimum absolute atomic E-state index is 0.0198. The Morgan fingerprint density at radius 3 is 2.33 bits per heavy atom. The fourth-order valence-corrected chi connectivity index (χ4v) is 4.75. The number of hydrogen-bond donors (Lipinski definition) is 2. The summed E-state index contributed by atoms with van der Waals surface area (Å²) in [6, 6.07) is 0. The minimum Gasteiger partial charge on any atom is -0.294 e. The molecular weight excluding hydrogens is 187 g/mol. The summed E-state index contributed by atoms with van der Waals surface area (Å²) in [4.78, 5) is 11.9. The summed E-state index contributed by atoms with van der Waals surface area (Å²) < 4.78 is 0. The number of nitrogens with one attached hydrogen (secondary N) is 1. The van der Waals surface area contributed by atoms with Crippen molar-refractivity contribution in [2.24, 2.45) is 23.1 Å². The van der Waals surface area contributed by atoms with Crippen LogP contribution in [0.5, 0.6) is 0 Å². The molecule has 0 saturated heterocycles. The van der Waals surface area contributed by atoms with Crippen molar-refractivity contribution in [3.63, 3.8) is 0 Å². The summed E-state index contributed by atoms with van der Waals surface area (Å²) in [7, 11) is 6.38. The Bertz CT molecular complexity index is 304. The van der Waals surface area contributed by atoms with Crippen molar-refractivity contribution in [3.05, 3.63) is 0 Å². The normalized spacial score (nSPS) is 51.8. The van der Waals surface area contributed by atoms with Crippen LogP contribution in [0.2, 0.25) is 5.31 Å². The Balaban J connectivity index is 1.96. The van der Waals surface area contributed by atoms with Gasteiger partial charge in [0.25, 0.3) is 0 Å². The lowest BCUT2D eigenvalue weighted by Gasteiger charge is -2.60. The van der Waals surface area contributed by atoms with Gasteiger partial charge in [0, 0.05) is 0 Å². The average Bonchev–Trinajstić information content (AvgIpc) is 2.12. The quantitative estimate of drug-likeness (QED) is 0.288. The molecule has 3 nitrogen and oxygen atoms in total. The van der Waals surface area contributed by atoms with Gasteiger partial charge in [-0.1, -0.05) is 18.2 Å². The molecule has 2 radical (unpaired) electrons. The Morgan fingerprint density at radius 2 is 1.87 bits per heavy atom. The fraction of sp³-hybridized carbons (Fsp3) is 0.909. The molecule has 4 rings (SSSR count). The van der Waals surface area contributed by atoms with E-state index >= 15 is 0 Å². The van der Waals surface area contributed by atoms with E-state index < -0.39 is 0 Å². The van der Waals surface area contributed by atoms with Gasteiger partial charge in [-0.15, -0.1) is 0 Å². The zero-order chi connectivity index (χ0) is 10.7. The number of hydrogen-bond acceptors (Lipinski definition) is 2. The van der Waals surface area contributed by atoms with Gasteiger partial charge in [0.05, 0.1) is 13.3 Å². The molecule has 4 fully saturated rings.